The summed E-state index contributed by atoms with van der Waals surface area (Å²) in [4.78, 5) is 14.6. The number of rotatable bonds is 4. The Morgan fingerprint density at radius 3 is 2.82 bits per heavy atom. The molecule has 2 N–H and O–H groups in total. The fraction of sp³-hybridized carbons (Fsp3) is 0.615. The highest BCUT2D eigenvalue weighted by molar-refractivity contribution is 7.11. The van der Waals surface area contributed by atoms with Crippen molar-refractivity contribution in [1.29, 1.82) is 0 Å². The molecule has 4 heteroatoms. The first-order valence-electron chi connectivity index (χ1n) is 6.26. The molecule has 1 amide bonds. The second-order valence-electron chi connectivity index (χ2n) is 4.68. The molecule has 0 unspecified atom stereocenters. The number of thiophene rings is 1. The number of hydrogen-bond donors (Lipinski definition) is 2. The van der Waals surface area contributed by atoms with Crippen molar-refractivity contribution in [2.45, 2.75) is 26.8 Å². The Morgan fingerprint density at radius 2 is 2.24 bits per heavy atom. The van der Waals surface area contributed by atoms with Crippen LogP contribution in [-0.2, 0) is 17.8 Å². The van der Waals surface area contributed by atoms with Gasteiger partial charge in [0.2, 0.25) is 5.91 Å². The topological polar surface area (TPSA) is 41.1 Å². The Kier molecular flexibility index (Phi) is 4.18. The molecule has 1 fully saturated rings. The third-order valence-corrected chi connectivity index (χ3v) is 4.59. The van der Waals surface area contributed by atoms with Crippen molar-refractivity contribution in [2.75, 3.05) is 13.1 Å². The molecule has 2 heterocycles. The van der Waals surface area contributed by atoms with Gasteiger partial charge < -0.3 is 10.6 Å². The Morgan fingerprint density at radius 1 is 1.47 bits per heavy atom. The van der Waals surface area contributed by atoms with Gasteiger partial charge in [-0.3, -0.25) is 4.79 Å². The van der Waals surface area contributed by atoms with Gasteiger partial charge in [-0.05, 0) is 31.0 Å². The van der Waals surface area contributed by atoms with Crippen LogP contribution in [0.3, 0.4) is 0 Å². The van der Waals surface area contributed by atoms with Gasteiger partial charge in [-0.25, -0.2) is 0 Å². The molecule has 2 rings (SSSR count). The predicted octanol–water partition coefficient (Wildman–Crippen LogP) is 1.78. The van der Waals surface area contributed by atoms with E-state index in [0.717, 1.165) is 19.5 Å². The van der Waals surface area contributed by atoms with Gasteiger partial charge >= 0.3 is 0 Å². The smallest absolute Gasteiger partial charge is 0.225 e. The highest BCUT2D eigenvalue weighted by atomic mass is 32.1. The molecule has 1 aliphatic heterocycles. The molecule has 1 aromatic rings. The van der Waals surface area contributed by atoms with E-state index in [1.807, 2.05) is 0 Å². The molecular weight excluding hydrogens is 232 g/mol. The lowest BCUT2D eigenvalue weighted by atomic mass is 9.97. The van der Waals surface area contributed by atoms with E-state index in [1.165, 1.54) is 9.75 Å². The van der Waals surface area contributed by atoms with Gasteiger partial charge in [0.05, 0.1) is 12.5 Å². The van der Waals surface area contributed by atoms with Crippen LogP contribution in [0.2, 0.25) is 0 Å². The zero-order valence-electron chi connectivity index (χ0n) is 10.5. The number of carbonyl (C=O) groups excluding carboxylic acids is 1. The van der Waals surface area contributed by atoms with Crippen molar-refractivity contribution >= 4 is 17.2 Å². The fourth-order valence-corrected chi connectivity index (χ4v) is 3.07. The predicted molar refractivity (Wildman–Crippen MR) is 71.1 cm³/mol. The first-order valence-corrected chi connectivity index (χ1v) is 7.08. The zero-order chi connectivity index (χ0) is 12.3. The molecule has 3 nitrogen and oxygen atoms in total. The van der Waals surface area contributed by atoms with Crippen LogP contribution in [0.5, 0.6) is 0 Å². The van der Waals surface area contributed by atoms with Crippen LogP contribution in [0.25, 0.3) is 0 Å². The van der Waals surface area contributed by atoms with E-state index in [9.17, 15) is 4.79 Å². The summed E-state index contributed by atoms with van der Waals surface area (Å²) in [7, 11) is 0. The Labute approximate surface area is 107 Å². The molecule has 1 aromatic heterocycles. The van der Waals surface area contributed by atoms with E-state index in [2.05, 4.69) is 36.6 Å². The maximum absolute atomic E-state index is 12.0. The summed E-state index contributed by atoms with van der Waals surface area (Å²) in [5.74, 6) is 0.777. The summed E-state index contributed by atoms with van der Waals surface area (Å²) >= 11 is 1.79. The van der Waals surface area contributed by atoms with Gasteiger partial charge in [-0.2, -0.15) is 0 Å². The maximum Gasteiger partial charge on any atom is 0.225 e. The molecule has 0 radical (unpaired) electrons. The van der Waals surface area contributed by atoms with Gasteiger partial charge in [0.15, 0.2) is 0 Å². The molecule has 1 aliphatic rings. The van der Waals surface area contributed by atoms with Gasteiger partial charge in [-0.1, -0.05) is 13.8 Å². The zero-order valence-corrected chi connectivity index (χ0v) is 11.3. The first-order chi connectivity index (χ1) is 8.20. The van der Waals surface area contributed by atoms with E-state index in [-0.39, 0.29) is 11.8 Å². The summed E-state index contributed by atoms with van der Waals surface area (Å²) in [5, 5.41) is 6.30. The largest absolute Gasteiger partial charge is 0.351 e. The van der Waals surface area contributed by atoms with Crippen molar-refractivity contribution in [3.63, 3.8) is 0 Å². The molecule has 0 aromatic carbocycles. The molecule has 0 saturated carbocycles. The Balaban J connectivity index is 1.83. The minimum absolute atomic E-state index is 0.139. The van der Waals surface area contributed by atoms with Gasteiger partial charge in [0.25, 0.3) is 0 Å². The molecule has 0 spiro atoms. The van der Waals surface area contributed by atoms with Crippen molar-refractivity contribution in [2.24, 2.45) is 11.8 Å². The molecule has 2 atom stereocenters. The van der Waals surface area contributed by atoms with Gasteiger partial charge in [0.1, 0.15) is 0 Å². The first kappa shape index (κ1) is 12.6. The number of amides is 1. The molecule has 0 bridgehead atoms. The van der Waals surface area contributed by atoms with Gasteiger partial charge in [0, 0.05) is 16.3 Å². The van der Waals surface area contributed by atoms with E-state index in [4.69, 9.17) is 0 Å². The molecule has 94 valence electrons. The number of carbonyl (C=O) groups is 1. The lowest BCUT2D eigenvalue weighted by Gasteiger charge is -2.13. The summed E-state index contributed by atoms with van der Waals surface area (Å²) in [6, 6.07) is 4.26. The fourth-order valence-electron chi connectivity index (χ4n) is 2.17. The summed E-state index contributed by atoms with van der Waals surface area (Å²) in [6.07, 6.45) is 1.07. The van der Waals surface area contributed by atoms with E-state index < -0.39 is 0 Å². The Bertz CT molecular complexity index is 389. The summed E-state index contributed by atoms with van der Waals surface area (Å²) in [6.45, 7) is 6.73. The van der Waals surface area contributed by atoms with Crippen molar-refractivity contribution in [1.82, 2.24) is 10.6 Å². The van der Waals surface area contributed by atoms with Gasteiger partial charge in [-0.15, -0.1) is 11.3 Å². The monoisotopic (exact) mass is 252 g/mol. The van der Waals surface area contributed by atoms with Crippen LogP contribution in [0.4, 0.5) is 0 Å². The molecule has 17 heavy (non-hydrogen) atoms. The second kappa shape index (κ2) is 5.65. The number of hydrogen-bond acceptors (Lipinski definition) is 3. The van der Waals surface area contributed by atoms with Crippen LogP contribution in [-0.4, -0.2) is 19.0 Å². The highest BCUT2D eigenvalue weighted by Gasteiger charge is 2.29. The van der Waals surface area contributed by atoms with E-state index in [1.54, 1.807) is 11.3 Å². The SMILES string of the molecule is CCc1ccc(CNC(=O)[C@@H]2CNC[C@H]2C)s1. The van der Waals surface area contributed by atoms with Crippen molar-refractivity contribution < 1.29 is 4.79 Å². The third kappa shape index (κ3) is 3.07. The highest BCUT2D eigenvalue weighted by Crippen LogP contribution is 2.18. The van der Waals surface area contributed by atoms with Crippen LogP contribution >= 0.6 is 11.3 Å². The van der Waals surface area contributed by atoms with Crippen LogP contribution in [0.15, 0.2) is 12.1 Å². The normalized spacial score (nSPS) is 23.9. The quantitative estimate of drug-likeness (QED) is 0.857. The van der Waals surface area contributed by atoms with Crippen molar-refractivity contribution in [3.8, 4) is 0 Å². The lowest BCUT2D eigenvalue weighted by molar-refractivity contribution is -0.125. The lowest BCUT2D eigenvalue weighted by Crippen LogP contribution is -2.33. The number of aryl methyl sites for hydroxylation is 1. The minimum atomic E-state index is 0.139. The number of nitrogens with one attached hydrogen (secondary N) is 2. The average Bonchev–Trinajstić information content (AvgIpc) is 2.94. The van der Waals surface area contributed by atoms with E-state index in [0.29, 0.717) is 12.5 Å². The molecular formula is C13H20N2OS. The van der Waals surface area contributed by atoms with Crippen molar-refractivity contribution in [3.05, 3.63) is 21.9 Å². The minimum Gasteiger partial charge on any atom is -0.351 e. The summed E-state index contributed by atoms with van der Waals surface area (Å²) < 4.78 is 0. The second-order valence-corrected chi connectivity index (χ2v) is 5.93. The average molecular weight is 252 g/mol. The third-order valence-electron chi connectivity index (χ3n) is 3.36. The van der Waals surface area contributed by atoms with E-state index >= 15 is 0 Å². The van der Waals surface area contributed by atoms with Crippen LogP contribution in [0, 0.1) is 11.8 Å². The van der Waals surface area contributed by atoms with Crippen LogP contribution < -0.4 is 10.6 Å². The van der Waals surface area contributed by atoms with Crippen LogP contribution in [0.1, 0.15) is 23.6 Å². The standard InChI is InChI=1S/C13H20N2OS/c1-3-10-4-5-11(17-10)7-15-13(16)12-8-14-6-9(12)2/h4-5,9,12,14H,3,6-8H2,1-2H3,(H,15,16)/t9-,12-/m1/s1. The molecule has 0 aliphatic carbocycles. The summed E-state index contributed by atoms with van der Waals surface area (Å²) in [5.41, 5.74) is 0. The maximum atomic E-state index is 12.0. The Hall–Kier alpha value is -0.870. The molecule has 1 saturated heterocycles.